The lowest BCUT2D eigenvalue weighted by Crippen LogP contribution is -2.34. The summed E-state index contributed by atoms with van der Waals surface area (Å²) in [6.07, 6.45) is 0.517. The Morgan fingerprint density at radius 2 is 2.11 bits per heavy atom. The van der Waals surface area contributed by atoms with E-state index in [0.29, 0.717) is 0 Å². The average molecular weight is 262 g/mol. The zero-order chi connectivity index (χ0) is 13.7. The van der Waals surface area contributed by atoms with Crippen molar-refractivity contribution in [3.8, 4) is 5.69 Å². The summed E-state index contributed by atoms with van der Waals surface area (Å²) in [7, 11) is 0. The van der Waals surface area contributed by atoms with Crippen LogP contribution in [-0.2, 0) is 0 Å². The standard InChI is InChI=1S/C12H14N4O3/c17-8-10(18)6-13-12(19)11-7-16(15-14-11)9-4-2-1-3-5-9/h1-5,7,10,17-18H,6,8H2,(H,13,19). The fourth-order valence-electron chi connectivity index (χ4n) is 1.44. The van der Waals surface area contributed by atoms with Crippen LogP contribution in [0.3, 0.4) is 0 Å². The number of nitrogens with zero attached hydrogens (tertiary/aromatic N) is 3. The molecule has 0 radical (unpaired) electrons. The lowest BCUT2D eigenvalue weighted by Gasteiger charge is -2.06. The lowest BCUT2D eigenvalue weighted by molar-refractivity contribution is 0.0798. The average Bonchev–Trinajstić information content (AvgIpc) is 2.95. The van der Waals surface area contributed by atoms with Crippen LogP contribution in [0.5, 0.6) is 0 Å². The Labute approximate surface area is 109 Å². The van der Waals surface area contributed by atoms with Crippen LogP contribution in [0.15, 0.2) is 36.5 Å². The quantitative estimate of drug-likeness (QED) is 0.665. The van der Waals surface area contributed by atoms with Crippen LogP contribution < -0.4 is 5.32 Å². The molecule has 0 fully saturated rings. The number of carbonyl (C=O) groups excluding carboxylic acids is 1. The van der Waals surface area contributed by atoms with Gasteiger partial charge in [0.2, 0.25) is 0 Å². The predicted molar refractivity (Wildman–Crippen MR) is 66.8 cm³/mol. The van der Waals surface area contributed by atoms with Crippen LogP contribution in [-0.4, -0.2) is 50.4 Å². The van der Waals surface area contributed by atoms with Crippen molar-refractivity contribution in [2.45, 2.75) is 6.10 Å². The van der Waals surface area contributed by atoms with E-state index in [0.717, 1.165) is 5.69 Å². The molecular formula is C12H14N4O3. The summed E-state index contributed by atoms with van der Waals surface area (Å²) in [6.45, 7) is -0.440. The topological polar surface area (TPSA) is 100 Å². The Bertz CT molecular complexity index is 541. The van der Waals surface area contributed by atoms with E-state index in [1.807, 2.05) is 30.3 Å². The van der Waals surface area contributed by atoms with Crippen LogP contribution in [0.1, 0.15) is 10.5 Å². The molecule has 0 aliphatic heterocycles. The first kappa shape index (κ1) is 13.2. The maximum Gasteiger partial charge on any atom is 0.273 e. The number of aliphatic hydroxyl groups excluding tert-OH is 2. The molecule has 7 heteroatoms. The molecule has 1 heterocycles. The Kier molecular flexibility index (Phi) is 4.22. The number of aliphatic hydroxyl groups is 2. The first-order valence-electron chi connectivity index (χ1n) is 5.75. The van der Waals surface area contributed by atoms with E-state index in [-0.39, 0.29) is 12.2 Å². The largest absolute Gasteiger partial charge is 0.394 e. The van der Waals surface area contributed by atoms with Gasteiger partial charge in [-0.2, -0.15) is 0 Å². The Morgan fingerprint density at radius 1 is 1.37 bits per heavy atom. The van der Waals surface area contributed by atoms with Gasteiger partial charge >= 0.3 is 0 Å². The molecule has 0 saturated carbocycles. The highest BCUT2D eigenvalue weighted by Gasteiger charge is 2.12. The van der Waals surface area contributed by atoms with Crippen LogP contribution in [0.2, 0.25) is 0 Å². The third-order valence-electron chi connectivity index (χ3n) is 2.46. The summed E-state index contributed by atoms with van der Waals surface area (Å²) >= 11 is 0. The molecule has 0 aliphatic rings. The highest BCUT2D eigenvalue weighted by atomic mass is 16.3. The molecule has 1 atom stereocenters. The van der Waals surface area contributed by atoms with Crippen LogP contribution in [0, 0.1) is 0 Å². The number of rotatable bonds is 5. The van der Waals surface area contributed by atoms with Crippen molar-refractivity contribution in [2.24, 2.45) is 0 Å². The molecule has 3 N–H and O–H groups in total. The Morgan fingerprint density at radius 3 is 2.79 bits per heavy atom. The van der Waals surface area contributed by atoms with E-state index >= 15 is 0 Å². The number of para-hydroxylation sites is 1. The second kappa shape index (κ2) is 6.07. The van der Waals surface area contributed by atoms with E-state index in [4.69, 9.17) is 10.2 Å². The molecule has 2 aromatic rings. The number of nitrogens with one attached hydrogen (secondary N) is 1. The molecule has 0 saturated heterocycles. The lowest BCUT2D eigenvalue weighted by atomic mass is 10.3. The first-order valence-corrected chi connectivity index (χ1v) is 5.75. The third-order valence-corrected chi connectivity index (χ3v) is 2.46. The number of aromatic nitrogens is 3. The van der Waals surface area contributed by atoms with E-state index in [2.05, 4.69) is 15.6 Å². The Balaban J connectivity index is 2.03. The van der Waals surface area contributed by atoms with Crippen molar-refractivity contribution in [1.82, 2.24) is 20.3 Å². The molecule has 1 unspecified atom stereocenters. The van der Waals surface area contributed by atoms with Gasteiger partial charge in [-0.25, -0.2) is 4.68 Å². The van der Waals surface area contributed by atoms with Crippen molar-refractivity contribution in [3.05, 3.63) is 42.2 Å². The summed E-state index contributed by atoms with van der Waals surface area (Å²) in [5, 5.41) is 27.8. The van der Waals surface area contributed by atoms with E-state index in [1.165, 1.54) is 10.9 Å². The molecular weight excluding hydrogens is 248 g/mol. The third kappa shape index (κ3) is 3.36. The van der Waals surface area contributed by atoms with Crippen LogP contribution in [0.25, 0.3) is 5.69 Å². The summed E-state index contributed by atoms with van der Waals surface area (Å²) in [4.78, 5) is 11.7. The van der Waals surface area contributed by atoms with Gasteiger partial charge in [-0.15, -0.1) is 5.10 Å². The monoisotopic (exact) mass is 262 g/mol. The molecule has 2 rings (SSSR count). The van der Waals surface area contributed by atoms with Gasteiger partial charge in [-0.05, 0) is 12.1 Å². The predicted octanol–water partition coefficient (Wildman–Crippen LogP) is -0.650. The van der Waals surface area contributed by atoms with Gasteiger partial charge in [-0.1, -0.05) is 23.4 Å². The fourth-order valence-corrected chi connectivity index (χ4v) is 1.44. The van der Waals surface area contributed by atoms with Gasteiger partial charge in [-0.3, -0.25) is 4.79 Å². The number of hydrogen-bond acceptors (Lipinski definition) is 5. The van der Waals surface area contributed by atoms with Gasteiger partial charge in [0.05, 0.1) is 24.6 Å². The minimum Gasteiger partial charge on any atom is -0.394 e. The molecule has 0 aliphatic carbocycles. The van der Waals surface area contributed by atoms with E-state index in [1.54, 1.807) is 0 Å². The van der Waals surface area contributed by atoms with E-state index < -0.39 is 18.6 Å². The zero-order valence-electron chi connectivity index (χ0n) is 10.1. The Hall–Kier alpha value is -2.25. The summed E-state index contributed by atoms with van der Waals surface area (Å²) in [5.41, 5.74) is 0.943. The van der Waals surface area contributed by atoms with Gasteiger partial charge in [0.15, 0.2) is 5.69 Å². The number of carbonyl (C=O) groups is 1. The highest BCUT2D eigenvalue weighted by molar-refractivity contribution is 5.91. The number of hydrogen-bond donors (Lipinski definition) is 3. The summed E-state index contributed by atoms with van der Waals surface area (Å²) in [5.74, 6) is -0.449. The number of benzene rings is 1. The SMILES string of the molecule is O=C(NCC(O)CO)c1cn(-c2ccccc2)nn1. The number of amides is 1. The van der Waals surface area contributed by atoms with Crippen molar-refractivity contribution >= 4 is 5.91 Å². The second-order valence-electron chi connectivity index (χ2n) is 3.93. The summed E-state index contributed by atoms with van der Waals surface area (Å²) < 4.78 is 1.48. The van der Waals surface area contributed by atoms with Crippen molar-refractivity contribution in [3.63, 3.8) is 0 Å². The minimum atomic E-state index is -0.979. The highest BCUT2D eigenvalue weighted by Crippen LogP contribution is 2.05. The molecule has 1 aromatic heterocycles. The molecule has 19 heavy (non-hydrogen) atoms. The second-order valence-corrected chi connectivity index (χ2v) is 3.93. The van der Waals surface area contributed by atoms with E-state index in [9.17, 15) is 4.79 Å². The van der Waals surface area contributed by atoms with Gasteiger partial charge in [0, 0.05) is 6.54 Å². The first-order chi connectivity index (χ1) is 9.20. The maximum absolute atomic E-state index is 11.7. The van der Waals surface area contributed by atoms with Gasteiger partial charge in [0.25, 0.3) is 5.91 Å². The zero-order valence-corrected chi connectivity index (χ0v) is 10.1. The molecule has 100 valence electrons. The van der Waals surface area contributed by atoms with Crippen LogP contribution >= 0.6 is 0 Å². The molecule has 0 spiro atoms. The minimum absolute atomic E-state index is 0.0342. The molecule has 1 aromatic carbocycles. The van der Waals surface area contributed by atoms with Crippen LogP contribution in [0.4, 0.5) is 0 Å². The maximum atomic E-state index is 11.7. The van der Waals surface area contributed by atoms with Gasteiger partial charge in [0.1, 0.15) is 0 Å². The fraction of sp³-hybridized carbons (Fsp3) is 0.250. The summed E-state index contributed by atoms with van der Waals surface area (Å²) in [6, 6.07) is 9.27. The van der Waals surface area contributed by atoms with Crippen molar-refractivity contribution in [1.29, 1.82) is 0 Å². The molecule has 0 bridgehead atoms. The van der Waals surface area contributed by atoms with Crippen molar-refractivity contribution < 1.29 is 15.0 Å². The normalized spacial score (nSPS) is 12.1. The smallest absolute Gasteiger partial charge is 0.273 e. The molecule has 1 amide bonds. The molecule has 7 nitrogen and oxygen atoms in total. The van der Waals surface area contributed by atoms with Gasteiger partial charge < -0.3 is 15.5 Å². The van der Waals surface area contributed by atoms with Crippen molar-refractivity contribution in [2.75, 3.05) is 13.2 Å².